The maximum atomic E-state index is 10.8. The average Bonchev–Trinajstić information content (AvgIpc) is 2.98. The molecule has 0 radical (unpaired) electrons. The minimum atomic E-state index is -1.08. The number of aryl methyl sites for hydroxylation is 1. The van der Waals surface area contributed by atoms with Gasteiger partial charge in [-0.2, -0.15) is 0 Å². The number of aliphatic carboxylic acids is 1. The highest BCUT2D eigenvalue weighted by Gasteiger charge is 2.19. The molecule has 0 aromatic carbocycles. The number of carboxylic acid groups (broad SMARTS) is 1. The van der Waals surface area contributed by atoms with E-state index in [0.717, 1.165) is 16.5 Å². The van der Waals surface area contributed by atoms with Gasteiger partial charge < -0.3 is 20.2 Å². The van der Waals surface area contributed by atoms with E-state index in [4.69, 9.17) is 15.3 Å². The molecule has 0 amide bonds. The second-order valence-electron chi connectivity index (χ2n) is 4.23. The third-order valence-corrected chi connectivity index (χ3v) is 3.77. The molecule has 0 aliphatic carbocycles. The number of rotatable bonds is 5. The second kappa shape index (κ2) is 5.41. The number of aromatic nitrogens is 1. The lowest BCUT2D eigenvalue weighted by molar-refractivity contribution is -0.138. The number of anilines is 1. The fraction of sp³-hybridized carbons (Fsp3) is 0.333. The summed E-state index contributed by atoms with van der Waals surface area (Å²) in [6.07, 6.45) is 1.64. The van der Waals surface area contributed by atoms with Gasteiger partial charge in [0.1, 0.15) is 11.8 Å². The number of furan rings is 1. The summed E-state index contributed by atoms with van der Waals surface area (Å²) < 4.78 is 5.23. The topological polar surface area (TPSA) is 92.6 Å². The predicted octanol–water partition coefficient (Wildman–Crippen LogP) is 1.77. The lowest BCUT2D eigenvalue weighted by Gasteiger charge is -2.15. The normalized spacial score (nSPS) is 12.4. The number of carbonyl (C=O) groups is 1. The van der Waals surface area contributed by atoms with Gasteiger partial charge in [-0.05, 0) is 13.0 Å². The summed E-state index contributed by atoms with van der Waals surface area (Å²) in [6, 6.07) is 0.831. The van der Waals surface area contributed by atoms with Crippen LogP contribution in [0.5, 0.6) is 0 Å². The summed E-state index contributed by atoms with van der Waals surface area (Å²) in [6.45, 7) is 2.55. The number of hydrogen-bond donors (Lipinski definition) is 2. The van der Waals surface area contributed by atoms with Gasteiger partial charge in [0.2, 0.25) is 0 Å². The van der Waals surface area contributed by atoms with E-state index in [0.29, 0.717) is 12.2 Å². The van der Waals surface area contributed by atoms with E-state index in [-0.39, 0.29) is 0 Å². The van der Waals surface area contributed by atoms with Gasteiger partial charge in [-0.3, -0.25) is 4.79 Å². The van der Waals surface area contributed by atoms with E-state index in [2.05, 4.69) is 4.98 Å². The van der Waals surface area contributed by atoms with Gasteiger partial charge in [0.25, 0.3) is 0 Å². The summed E-state index contributed by atoms with van der Waals surface area (Å²) >= 11 is 1.37. The van der Waals surface area contributed by atoms with Gasteiger partial charge in [-0.25, -0.2) is 4.98 Å². The first kappa shape index (κ1) is 13.6. The van der Waals surface area contributed by atoms with E-state index < -0.39 is 12.0 Å². The quantitative estimate of drug-likeness (QED) is 0.867. The Kier molecular flexibility index (Phi) is 3.87. The number of thiazole rings is 1. The van der Waals surface area contributed by atoms with Gasteiger partial charge in [0, 0.05) is 24.5 Å². The van der Waals surface area contributed by atoms with Crippen LogP contribution in [-0.2, 0) is 11.3 Å². The first-order chi connectivity index (χ1) is 8.99. The molecule has 3 N–H and O–H groups in total. The summed E-state index contributed by atoms with van der Waals surface area (Å²) in [5.74, 6) is -0.212. The zero-order valence-corrected chi connectivity index (χ0v) is 11.5. The molecule has 2 aromatic rings. The highest BCUT2D eigenvalue weighted by Crippen LogP contribution is 2.24. The van der Waals surface area contributed by atoms with Crippen molar-refractivity contribution < 1.29 is 14.3 Å². The molecule has 0 bridgehead atoms. The molecule has 0 saturated carbocycles. The predicted molar refractivity (Wildman–Crippen MR) is 72.2 cm³/mol. The van der Waals surface area contributed by atoms with Crippen molar-refractivity contribution in [3.05, 3.63) is 34.7 Å². The van der Waals surface area contributed by atoms with Crippen LogP contribution >= 0.6 is 11.3 Å². The lowest BCUT2D eigenvalue weighted by atomic mass is 10.2. The van der Waals surface area contributed by atoms with Crippen molar-refractivity contribution in [1.29, 1.82) is 0 Å². The molecule has 6 nitrogen and oxygen atoms in total. The Labute approximate surface area is 114 Å². The number of carboxylic acids is 1. The molecule has 1 unspecified atom stereocenters. The van der Waals surface area contributed by atoms with Crippen molar-refractivity contribution in [3.63, 3.8) is 0 Å². The second-order valence-corrected chi connectivity index (χ2v) is 5.07. The first-order valence-electron chi connectivity index (χ1n) is 5.67. The Morgan fingerprint density at radius 1 is 1.68 bits per heavy atom. The zero-order valence-electron chi connectivity index (χ0n) is 10.7. The lowest BCUT2D eigenvalue weighted by Crippen LogP contribution is -2.21. The molecule has 1 atom stereocenters. The van der Waals surface area contributed by atoms with Crippen molar-refractivity contribution in [2.75, 3.05) is 11.9 Å². The van der Waals surface area contributed by atoms with Crippen molar-refractivity contribution in [3.8, 4) is 0 Å². The number of hydrogen-bond acceptors (Lipinski definition) is 6. The van der Waals surface area contributed by atoms with Crippen LogP contribution in [0.1, 0.15) is 23.1 Å². The van der Waals surface area contributed by atoms with Gasteiger partial charge in [0.05, 0.1) is 12.0 Å². The van der Waals surface area contributed by atoms with Crippen LogP contribution in [0, 0.1) is 6.92 Å². The zero-order chi connectivity index (χ0) is 14.0. The Bertz CT molecular complexity index is 578. The van der Waals surface area contributed by atoms with Crippen LogP contribution in [0.25, 0.3) is 0 Å². The maximum Gasteiger partial charge on any atom is 0.326 e. The van der Waals surface area contributed by atoms with Gasteiger partial charge in [-0.15, -0.1) is 11.3 Å². The molecule has 2 heterocycles. The molecular weight excluding hydrogens is 266 g/mol. The highest BCUT2D eigenvalue weighted by molar-refractivity contribution is 7.13. The van der Waals surface area contributed by atoms with Crippen molar-refractivity contribution in [2.24, 2.45) is 5.73 Å². The average molecular weight is 281 g/mol. The van der Waals surface area contributed by atoms with E-state index in [1.807, 2.05) is 24.9 Å². The minimum Gasteiger partial charge on any atom is -0.480 e. The molecule has 0 spiro atoms. The molecule has 102 valence electrons. The van der Waals surface area contributed by atoms with Gasteiger partial charge in [0.15, 0.2) is 5.13 Å². The van der Waals surface area contributed by atoms with Crippen LogP contribution < -0.4 is 10.6 Å². The van der Waals surface area contributed by atoms with E-state index >= 15 is 0 Å². The molecule has 0 saturated heterocycles. The molecule has 2 rings (SSSR count). The molecule has 0 aliphatic rings. The molecule has 7 heteroatoms. The molecule has 2 aromatic heterocycles. The summed E-state index contributed by atoms with van der Waals surface area (Å²) in [7, 11) is 1.89. The maximum absolute atomic E-state index is 10.8. The third-order valence-electron chi connectivity index (χ3n) is 2.79. The molecule has 0 fully saturated rings. The van der Waals surface area contributed by atoms with Gasteiger partial charge >= 0.3 is 5.97 Å². The van der Waals surface area contributed by atoms with Crippen molar-refractivity contribution >= 4 is 22.4 Å². The largest absolute Gasteiger partial charge is 0.480 e. The fourth-order valence-corrected chi connectivity index (χ4v) is 2.45. The van der Waals surface area contributed by atoms with Crippen LogP contribution in [-0.4, -0.2) is 23.1 Å². The number of nitrogens with zero attached hydrogens (tertiary/aromatic N) is 2. The number of nitrogens with two attached hydrogens (primary N) is 1. The van der Waals surface area contributed by atoms with Crippen LogP contribution in [0.3, 0.4) is 0 Å². The third kappa shape index (κ3) is 2.94. The summed E-state index contributed by atoms with van der Waals surface area (Å²) in [5, 5.41) is 11.2. The van der Waals surface area contributed by atoms with E-state index in [1.165, 1.54) is 11.3 Å². The Hall–Kier alpha value is -1.86. The molecule has 0 aliphatic heterocycles. The van der Waals surface area contributed by atoms with Crippen molar-refractivity contribution in [2.45, 2.75) is 19.5 Å². The highest BCUT2D eigenvalue weighted by atomic mass is 32.1. The van der Waals surface area contributed by atoms with Crippen LogP contribution in [0.15, 0.2) is 22.1 Å². The standard InChI is InChI=1S/C12H15N3O3S/c1-7-8(3-4-18-7)5-15(2)12-14-9(6-19-12)10(13)11(16)17/h3-4,6,10H,5,13H2,1-2H3,(H,16,17). The molecular formula is C12H15N3O3S. The fourth-order valence-electron chi connectivity index (χ4n) is 1.62. The van der Waals surface area contributed by atoms with Gasteiger partial charge in [-0.1, -0.05) is 0 Å². The van der Waals surface area contributed by atoms with Crippen LogP contribution in [0.4, 0.5) is 5.13 Å². The minimum absolute atomic E-state index is 0.378. The summed E-state index contributed by atoms with van der Waals surface area (Å²) in [5.41, 5.74) is 6.97. The van der Waals surface area contributed by atoms with E-state index in [9.17, 15) is 4.79 Å². The Morgan fingerprint density at radius 2 is 2.42 bits per heavy atom. The smallest absolute Gasteiger partial charge is 0.326 e. The summed E-state index contributed by atoms with van der Waals surface area (Å²) in [4.78, 5) is 17.0. The monoisotopic (exact) mass is 281 g/mol. The SMILES string of the molecule is Cc1occc1CN(C)c1nc(C(N)C(=O)O)cs1. The Balaban J connectivity index is 2.10. The van der Waals surface area contributed by atoms with Crippen molar-refractivity contribution in [1.82, 2.24) is 4.98 Å². The van der Waals surface area contributed by atoms with Crippen LogP contribution in [0.2, 0.25) is 0 Å². The first-order valence-corrected chi connectivity index (χ1v) is 6.55. The molecule has 19 heavy (non-hydrogen) atoms. The van der Waals surface area contributed by atoms with E-state index in [1.54, 1.807) is 11.6 Å². The Morgan fingerprint density at radius 3 is 3.00 bits per heavy atom.